The minimum atomic E-state index is -0.988. The Hall–Kier alpha value is -1.01. The van der Waals surface area contributed by atoms with E-state index in [1.165, 1.54) is 12.1 Å². The Morgan fingerprint density at radius 1 is 1.44 bits per heavy atom. The molecule has 1 N–H and O–H groups in total. The van der Waals surface area contributed by atoms with Gasteiger partial charge in [-0.05, 0) is 40.9 Å². The predicted molar refractivity (Wildman–Crippen MR) is 65.1 cm³/mol. The van der Waals surface area contributed by atoms with Gasteiger partial charge >= 0.3 is 5.97 Å². The minimum Gasteiger partial charge on any atom is -0.480 e. The van der Waals surface area contributed by atoms with Gasteiger partial charge in [0.25, 0.3) is 0 Å². The lowest BCUT2D eigenvalue weighted by molar-refractivity contribution is -0.138. The zero-order valence-electron chi connectivity index (χ0n) is 9.50. The summed E-state index contributed by atoms with van der Waals surface area (Å²) in [5.74, 6) is -2.30. The van der Waals surface area contributed by atoms with Crippen LogP contribution in [-0.4, -0.2) is 28.6 Å². The van der Waals surface area contributed by atoms with Gasteiger partial charge in [0.05, 0.1) is 11.0 Å². The standard InChI is InChI=1S/C12H12BrF2NO2/c13-9-3-4-10(14)8(12(9)15)5-16(6-11(17)18)7-1-2-7/h3-4,7H,1-2,5-6H2,(H,17,18). The fraction of sp³-hybridized carbons (Fsp3) is 0.417. The minimum absolute atomic E-state index is 0.0198. The second kappa shape index (κ2) is 5.32. The van der Waals surface area contributed by atoms with Crippen LogP contribution in [-0.2, 0) is 11.3 Å². The second-order valence-electron chi connectivity index (χ2n) is 4.35. The van der Waals surface area contributed by atoms with E-state index in [4.69, 9.17) is 5.11 Å². The zero-order chi connectivity index (χ0) is 13.3. The van der Waals surface area contributed by atoms with Crippen molar-refractivity contribution in [3.8, 4) is 0 Å². The van der Waals surface area contributed by atoms with Crippen LogP contribution in [0, 0.1) is 11.6 Å². The monoisotopic (exact) mass is 319 g/mol. The fourth-order valence-corrected chi connectivity index (χ4v) is 2.22. The molecule has 1 aromatic carbocycles. The molecule has 3 nitrogen and oxygen atoms in total. The van der Waals surface area contributed by atoms with E-state index in [1.54, 1.807) is 4.90 Å². The third-order valence-corrected chi connectivity index (χ3v) is 3.51. The lowest BCUT2D eigenvalue weighted by atomic mass is 10.2. The molecule has 0 aliphatic heterocycles. The van der Waals surface area contributed by atoms with E-state index in [0.717, 1.165) is 12.8 Å². The van der Waals surface area contributed by atoms with Gasteiger partial charge in [-0.25, -0.2) is 8.78 Å². The van der Waals surface area contributed by atoms with Gasteiger partial charge in [0.15, 0.2) is 0 Å². The van der Waals surface area contributed by atoms with E-state index in [0.29, 0.717) is 0 Å². The Morgan fingerprint density at radius 3 is 2.67 bits per heavy atom. The first kappa shape index (κ1) is 13.4. The zero-order valence-corrected chi connectivity index (χ0v) is 11.1. The van der Waals surface area contributed by atoms with E-state index >= 15 is 0 Å². The normalized spacial score (nSPS) is 15.1. The van der Waals surface area contributed by atoms with Crippen LogP contribution >= 0.6 is 15.9 Å². The van der Waals surface area contributed by atoms with Crippen LogP contribution in [0.2, 0.25) is 0 Å². The van der Waals surface area contributed by atoms with Crippen LogP contribution in [0.1, 0.15) is 18.4 Å². The average molecular weight is 320 g/mol. The highest BCUT2D eigenvalue weighted by atomic mass is 79.9. The molecule has 1 fully saturated rings. The SMILES string of the molecule is O=C(O)CN(Cc1c(F)ccc(Br)c1F)C1CC1. The Labute approximate surface area is 112 Å². The van der Waals surface area contributed by atoms with Crippen molar-refractivity contribution in [2.75, 3.05) is 6.54 Å². The topological polar surface area (TPSA) is 40.5 Å². The number of halogens is 3. The first-order chi connectivity index (χ1) is 8.49. The van der Waals surface area contributed by atoms with Crippen LogP contribution in [0.15, 0.2) is 16.6 Å². The first-order valence-corrected chi connectivity index (χ1v) is 6.36. The molecule has 18 heavy (non-hydrogen) atoms. The molecule has 0 unspecified atom stereocenters. The van der Waals surface area contributed by atoms with Crippen LogP contribution in [0.3, 0.4) is 0 Å². The Kier molecular flexibility index (Phi) is 3.97. The van der Waals surface area contributed by atoms with Gasteiger partial charge in [-0.15, -0.1) is 0 Å². The molecule has 6 heteroatoms. The van der Waals surface area contributed by atoms with Crippen molar-refractivity contribution in [1.29, 1.82) is 0 Å². The number of rotatable bonds is 5. The maximum atomic E-state index is 13.8. The molecule has 0 saturated heterocycles. The first-order valence-electron chi connectivity index (χ1n) is 5.57. The van der Waals surface area contributed by atoms with Gasteiger partial charge in [-0.1, -0.05) is 0 Å². The molecule has 1 saturated carbocycles. The van der Waals surface area contributed by atoms with Crippen molar-refractivity contribution in [2.24, 2.45) is 0 Å². The molecule has 1 aromatic rings. The van der Waals surface area contributed by atoms with Crippen molar-refractivity contribution < 1.29 is 18.7 Å². The summed E-state index contributed by atoms with van der Waals surface area (Å²) in [6.07, 6.45) is 1.76. The summed E-state index contributed by atoms with van der Waals surface area (Å²) in [4.78, 5) is 12.3. The van der Waals surface area contributed by atoms with E-state index in [-0.39, 0.29) is 29.2 Å². The van der Waals surface area contributed by atoms with Gasteiger partial charge in [0, 0.05) is 18.2 Å². The molecule has 2 rings (SSSR count). The van der Waals surface area contributed by atoms with Crippen molar-refractivity contribution in [3.63, 3.8) is 0 Å². The number of carboxylic acid groups (broad SMARTS) is 1. The maximum absolute atomic E-state index is 13.8. The van der Waals surface area contributed by atoms with Crippen molar-refractivity contribution in [3.05, 3.63) is 33.8 Å². The molecule has 0 radical (unpaired) electrons. The molecule has 0 aromatic heterocycles. The molecule has 1 aliphatic rings. The van der Waals surface area contributed by atoms with Gasteiger partial charge in [0.2, 0.25) is 0 Å². The number of carbonyl (C=O) groups is 1. The van der Waals surface area contributed by atoms with E-state index < -0.39 is 17.6 Å². The van der Waals surface area contributed by atoms with Crippen LogP contribution < -0.4 is 0 Å². The largest absolute Gasteiger partial charge is 0.480 e. The van der Waals surface area contributed by atoms with Crippen molar-refractivity contribution >= 4 is 21.9 Å². The summed E-state index contributed by atoms with van der Waals surface area (Å²) >= 11 is 3.00. The van der Waals surface area contributed by atoms with Crippen molar-refractivity contribution in [1.82, 2.24) is 4.90 Å². The summed E-state index contributed by atoms with van der Waals surface area (Å²) in [5, 5.41) is 8.79. The number of nitrogens with zero attached hydrogens (tertiary/aromatic N) is 1. The number of aliphatic carboxylic acids is 1. The van der Waals surface area contributed by atoms with Gasteiger partial charge in [-0.3, -0.25) is 9.69 Å². The second-order valence-corrected chi connectivity index (χ2v) is 5.21. The molecule has 0 amide bonds. The summed E-state index contributed by atoms with van der Waals surface area (Å²) < 4.78 is 27.5. The smallest absolute Gasteiger partial charge is 0.317 e. The molecule has 0 bridgehead atoms. The Bertz CT molecular complexity index is 477. The third-order valence-electron chi connectivity index (χ3n) is 2.90. The highest BCUT2D eigenvalue weighted by molar-refractivity contribution is 9.10. The number of carboxylic acids is 1. The van der Waals surface area contributed by atoms with E-state index in [2.05, 4.69) is 15.9 Å². The molecule has 1 aliphatic carbocycles. The van der Waals surface area contributed by atoms with E-state index in [1.807, 2.05) is 0 Å². The summed E-state index contributed by atoms with van der Waals surface area (Å²) in [5.41, 5.74) is -0.0856. The number of hydrogen-bond donors (Lipinski definition) is 1. The molecule has 0 heterocycles. The summed E-state index contributed by atoms with van der Waals surface area (Å²) in [6.45, 7) is -0.218. The number of hydrogen-bond acceptors (Lipinski definition) is 2. The molecule has 0 spiro atoms. The van der Waals surface area contributed by atoms with Gasteiger partial charge in [-0.2, -0.15) is 0 Å². The van der Waals surface area contributed by atoms with Crippen LogP contribution in [0.5, 0.6) is 0 Å². The van der Waals surface area contributed by atoms with Crippen molar-refractivity contribution in [2.45, 2.75) is 25.4 Å². The average Bonchev–Trinajstić information content (AvgIpc) is 3.11. The van der Waals surface area contributed by atoms with Gasteiger partial charge in [0.1, 0.15) is 11.6 Å². The summed E-state index contributed by atoms with van der Waals surface area (Å²) in [6, 6.07) is 2.60. The molecule has 98 valence electrons. The lowest BCUT2D eigenvalue weighted by Gasteiger charge is -2.20. The highest BCUT2D eigenvalue weighted by Crippen LogP contribution is 2.30. The molecular weight excluding hydrogens is 308 g/mol. The summed E-state index contributed by atoms with van der Waals surface area (Å²) in [7, 11) is 0. The van der Waals surface area contributed by atoms with E-state index in [9.17, 15) is 13.6 Å². The molecular formula is C12H12BrF2NO2. The maximum Gasteiger partial charge on any atom is 0.317 e. The third kappa shape index (κ3) is 3.05. The highest BCUT2D eigenvalue weighted by Gasteiger charge is 2.31. The molecule has 0 atom stereocenters. The Balaban J connectivity index is 2.20. The quantitative estimate of drug-likeness (QED) is 0.848. The van der Waals surface area contributed by atoms with Crippen LogP contribution in [0.25, 0.3) is 0 Å². The number of benzene rings is 1. The predicted octanol–water partition coefficient (Wildman–Crippen LogP) is 2.78. The Morgan fingerprint density at radius 2 is 2.11 bits per heavy atom. The lowest BCUT2D eigenvalue weighted by Crippen LogP contribution is -2.32. The van der Waals surface area contributed by atoms with Gasteiger partial charge < -0.3 is 5.11 Å². The van der Waals surface area contributed by atoms with Crippen LogP contribution in [0.4, 0.5) is 8.78 Å². The fourth-order valence-electron chi connectivity index (χ4n) is 1.84.